The summed E-state index contributed by atoms with van der Waals surface area (Å²) >= 11 is 1.77. The van der Waals surface area contributed by atoms with E-state index in [9.17, 15) is 9.90 Å². The molecule has 104 valence electrons. The van der Waals surface area contributed by atoms with Crippen LogP contribution in [0.5, 0.6) is 0 Å². The highest BCUT2D eigenvalue weighted by atomic mass is 32.2. The van der Waals surface area contributed by atoms with E-state index in [4.69, 9.17) is 0 Å². The normalized spacial score (nSPS) is 30.1. The highest BCUT2D eigenvalue weighted by molar-refractivity contribution is 7.99. The number of thioether (sulfide) groups is 1. The minimum Gasteiger partial charge on any atom is -0.387 e. The van der Waals surface area contributed by atoms with E-state index >= 15 is 0 Å². The summed E-state index contributed by atoms with van der Waals surface area (Å²) in [5.74, 6) is 2.47. The molecule has 1 atom stereocenters. The Labute approximate surface area is 114 Å². The Morgan fingerprint density at radius 2 is 2.00 bits per heavy atom. The van der Waals surface area contributed by atoms with Crippen molar-refractivity contribution in [2.45, 2.75) is 57.0 Å². The Morgan fingerprint density at radius 3 is 2.61 bits per heavy atom. The average Bonchev–Trinajstić information content (AvgIpc) is 2.62. The van der Waals surface area contributed by atoms with Crippen molar-refractivity contribution >= 4 is 17.7 Å². The van der Waals surface area contributed by atoms with Crippen LogP contribution in [0.4, 0.5) is 0 Å². The molecule has 0 radical (unpaired) electrons. The second kappa shape index (κ2) is 6.80. The van der Waals surface area contributed by atoms with E-state index in [2.05, 4.69) is 5.32 Å². The number of hydrogen-bond acceptors (Lipinski definition) is 3. The van der Waals surface area contributed by atoms with Crippen molar-refractivity contribution in [2.24, 2.45) is 5.92 Å². The maximum Gasteiger partial charge on any atom is 0.220 e. The molecule has 1 aliphatic carbocycles. The Hall–Kier alpha value is -0.220. The summed E-state index contributed by atoms with van der Waals surface area (Å²) in [4.78, 5) is 11.9. The number of carbonyl (C=O) groups excluding carboxylic acids is 1. The largest absolute Gasteiger partial charge is 0.387 e. The molecule has 3 nitrogen and oxygen atoms in total. The zero-order chi connectivity index (χ0) is 12.8. The summed E-state index contributed by atoms with van der Waals surface area (Å²) in [6, 6.07) is 0. The molecule has 4 heteroatoms. The SMILES string of the molecule is O=C(CC1CCCCCC1)NCC1(O)CCSC1. The summed E-state index contributed by atoms with van der Waals surface area (Å²) in [6.07, 6.45) is 9.08. The van der Waals surface area contributed by atoms with Gasteiger partial charge in [-0.2, -0.15) is 11.8 Å². The number of hydrogen-bond donors (Lipinski definition) is 2. The van der Waals surface area contributed by atoms with E-state index in [1.54, 1.807) is 11.8 Å². The zero-order valence-electron chi connectivity index (χ0n) is 11.1. The Bertz CT molecular complexity index is 269. The molecule has 0 bridgehead atoms. The summed E-state index contributed by atoms with van der Waals surface area (Å²) in [7, 11) is 0. The van der Waals surface area contributed by atoms with Crippen LogP contribution in [-0.4, -0.2) is 34.7 Å². The standard InChI is InChI=1S/C14H25NO2S/c16-13(9-12-5-3-1-2-4-6-12)15-10-14(17)7-8-18-11-14/h12,17H,1-11H2,(H,15,16). The van der Waals surface area contributed by atoms with Gasteiger partial charge in [-0.05, 0) is 30.9 Å². The second-order valence-corrected chi connectivity index (χ2v) is 6.97. The number of carbonyl (C=O) groups is 1. The third-order valence-corrected chi connectivity index (χ3v) is 5.38. The first-order valence-corrected chi connectivity index (χ1v) is 8.40. The first-order chi connectivity index (χ1) is 8.68. The number of amides is 1. The molecule has 1 aliphatic heterocycles. The molecule has 1 heterocycles. The van der Waals surface area contributed by atoms with E-state index in [0.717, 1.165) is 17.9 Å². The zero-order valence-corrected chi connectivity index (χ0v) is 11.9. The molecule has 1 amide bonds. The molecule has 0 spiro atoms. The van der Waals surface area contributed by atoms with Crippen molar-refractivity contribution < 1.29 is 9.90 Å². The molecule has 1 saturated heterocycles. The third-order valence-electron chi connectivity index (χ3n) is 4.15. The molecule has 2 rings (SSSR count). The lowest BCUT2D eigenvalue weighted by molar-refractivity contribution is -0.123. The fourth-order valence-electron chi connectivity index (χ4n) is 2.90. The molecular formula is C14H25NO2S. The van der Waals surface area contributed by atoms with Crippen LogP contribution < -0.4 is 5.32 Å². The van der Waals surface area contributed by atoms with Crippen LogP contribution in [-0.2, 0) is 4.79 Å². The highest BCUT2D eigenvalue weighted by Gasteiger charge is 2.32. The summed E-state index contributed by atoms with van der Waals surface area (Å²) in [6.45, 7) is 0.436. The van der Waals surface area contributed by atoms with E-state index < -0.39 is 5.60 Å². The van der Waals surface area contributed by atoms with Crippen LogP contribution in [0.15, 0.2) is 0 Å². The predicted octanol–water partition coefficient (Wildman–Crippen LogP) is 2.33. The molecule has 18 heavy (non-hydrogen) atoms. The van der Waals surface area contributed by atoms with Crippen LogP contribution in [0.3, 0.4) is 0 Å². The maximum atomic E-state index is 11.9. The van der Waals surface area contributed by atoms with Crippen LogP contribution >= 0.6 is 11.8 Å². The van der Waals surface area contributed by atoms with Crippen molar-refractivity contribution in [3.63, 3.8) is 0 Å². The lowest BCUT2D eigenvalue weighted by Crippen LogP contribution is -2.43. The fourth-order valence-corrected chi connectivity index (χ4v) is 4.20. The molecule has 0 aromatic heterocycles. The van der Waals surface area contributed by atoms with Gasteiger partial charge in [-0.25, -0.2) is 0 Å². The predicted molar refractivity (Wildman–Crippen MR) is 75.7 cm³/mol. The molecule has 0 aromatic carbocycles. The smallest absolute Gasteiger partial charge is 0.220 e. The molecule has 1 unspecified atom stereocenters. The van der Waals surface area contributed by atoms with Crippen molar-refractivity contribution in [1.29, 1.82) is 0 Å². The van der Waals surface area contributed by atoms with E-state index in [-0.39, 0.29) is 5.91 Å². The number of rotatable bonds is 4. The highest BCUT2D eigenvalue weighted by Crippen LogP contribution is 2.28. The lowest BCUT2D eigenvalue weighted by atomic mass is 9.96. The quantitative estimate of drug-likeness (QED) is 0.772. The average molecular weight is 271 g/mol. The second-order valence-electron chi connectivity index (χ2n) is 5.87. The van der Waals surface area contributed by atoms with Gasteiger partial charge in [-0.15, -0.1) is 0 Å². The van der Waals surface area contributed by atoms with Gasteiger partial charge in [-0.1, -0.05) is 25.7 Å². The van der Waals surface area contributed by atoms with Crippen molar-refractivity contribution in [2.75, 3.05) is 18.1 Å². The Morgan fingerprint density at radius 1 is 1.28 bits per heavy atom. The topological polar surface area (TPSA) is 49.3 Å². The van der Waals surface area contributed by atoms with Gasteiger partial charge in [-0.3, -0.25) is 4.79 Å². The minimum atomic E-state index is -0.649. The van der Waals surface area contributed by atoms with Crippen molar-refractivity contribution in [3.05, 3.63) is 0 Å². The molecule has 2 fully saturated rings. The molecule has 2 aliphatic rings. The molecule has 2 N–H and O–H groups in total. The van der Waals surface area contributed by atoms with Gasteiger partial charge in [0.15, 0.2) is 0 Å². The van der Waals surface area contributed by atoms with Gasteiger partial charge in [0, 0.05) is 18.7 Å². The van der Waals surface area contributed by atoms with E-state index in [1.165, 1.54) is 38.5 Å². The van der Waals surface area contributed by atoms with Gasteiger partial charge in [0.2, 0.25) is 5.91 Å². The van der Waals surface area contributed by atoms with Gasteiger partial charge in [0.1, 0.15) is 0 Å². The van der Waals surface area contributed by atoms with Crippen LogP contribution in [0.2, 0.25) is 0 Å². The fraction of sp³-hybridized carbons (Fsp3) is 0.929. The van der Waals surface area contributed by atoms with Gasteiger partial charge < -0.3 is 10.4 Å². The van der Waals surface area contributed by atoms with Crippen LogP contribution in [0.1, 0.15) is 51.4 Å². The Balaban J connectivity index is 1.67. The van der Waals surface area contributed by atoms with Crippen LogP contribution in [0, 0.1) is 5.92 Å². The monoisotopic (exact) mass is 271 g/mol. The first kappa shape index (κ1) is 14.2. The lowest BCUT2D eigenvalue weighted by Gasteiger charge is -2.22. The van der Waals surface area contributed by atoms with Gasteiger partial charge in [0.25, 0.3) is 0 Å². The molecular weight excluding hydrogens is 246 g/mol. The first-order valence-electron chi connectivity index (χ1n) is 7.25. The van der Waals surface area contributed by atoms with E-state index in [1.807, 2.05) is 0 Å². The van der Waals surface area contributed by atoms with Crippen molar-refractivity contribution in [1.82, 2.24) is 5.32 Å². The van der Waals surface area contributed by atoms with Gasteiger partial charge in [0.05, 0.1) is 5.60 Å². The van der Waals surface area contributed by atoms with Crippen LogP contribution in [0.25, 0.3) is 0 Å². The number of aliphatic hydroxyl groups is 1. The van der Waals surface area contributed by atoms with Crippen molar-refractivity contribution in [3.8, 4) is 0 Å². The molecule has 1 saturated carbocycles. The third kappa shape index (κ3) is 4.47. The summed E-state index contributed by atoms with van der Waals surface area (Å²) < 4.78 is 0. The Kier molecular flexibility index (Phi) is 5.37. The maximum absolute atomic E-state index is 11.9. The van der Waals surface area contributed by atoms with Gasteiger partial charge >= 0.3 is 0 Å². The molecule has 0 aromatic rings. The minimum absolute atomic E-state index is 0.132. The number of nitrogens with one attached hydrogen (secondary N) is 1. The summed E-state index contributed by atoms with van der Waals surface area (Å²) in [5, 5.41) is 13.1. The summed E-state index contributed by atoms with van der Waals surface area (Å²) in [5.41, 5.74) is -0.649. The van der Waals surface area contributed by atoms with E-state index in [0.29, 0.717) is 18.9 Å².